The monoisotopic (exact) mass is 721 g/mol. The maximum absolute atomic E-state index is 13.9. The minimum Gasteiger partial charge on any atom is -0.239 e. The molecule has 2 N–H and O–H groups in total. The van der Waals surface area contributed by atoms with Crippen molar-refractivity contribution in [2.24, 2.45) is 7.05 Å². The van der Waals surface area contributed by atoms with Gasteiger partial charge in [-0.15, -0.1) is 0 Å². The standard InChI is InChI=1S/C31H35F3IN7O2/c1-21(43)37-29-18-26(6-9-36-29)44-25-4-5-27-28(17-25)40(2)30(39-27)38-24-15-22(14-23(16-24)31(32,33)34)19-41-10-12-42(13-11-41)20-35-7-3-8-35/h4-6,9,14-18H,3,7-8,10-13,19-20H2,1-2H3,(H,38,39)(H,36,37,43). The third-order valence-corrected chi connectivity index (χ3v) is 14.2. The van der Waals surface area contributed by atoms with Crippen molar-refractivity contribution < 1.29 is 22.7 Å². The summed E-state index contributed by atoms with van der Waals surface area (Å²) in [7, 11) is 1.80. The molecule has 0 atom stereocenters. The number of aromatic nitrogens is 3. The predicted molar refractivity (Wildman–Crippen MR) is 174 cm³/mol. The van der Waals surface area contributed by atoms with Gasteiger partial charge in [0.1, 0.15) is 17.3 Å². The average molecular weight is 722 g/mol. The van der Waals surface area contributed by atoms with E-state index in [1.807, 2.05) is 0 Å². The van der Waals surface area contributed by atoms with Crippen molar-refractivity contribution >= 4 is 54.2 Å². The summed E-state index contributed by atoms with van der Waals surface area (Å²) < 4.78 is 53.8. The molecule has 0 aliphatic carbocycles. The number of carbonyl (C=O) groups excluding carboxylic acids is 1. The Hall–Kier alpha value is -3.43. The number of fused-ring (bicyclic) bond motifs is 1. The Morgan fingerprint density at radius 2 is 1.75 bits per heavy atom. The van der Waals surface area contributed by atoms with Crippen molar-refractivity contribution in [1.29, 1.82) is 0 Å². The summed E-state index contributed by atoms with van der Waals surface area (Å²) in [5, 5.41) is 5.75. The topological polar surface area (TPSA) is 87.5 Å². The van der Waals surface area contributed by atoms with Gasteiger partial charge in [0, 0.05) is 32.3 Å². The molecule has 0 spiro atoms. The van der Waals surface area contributed by atoms with E-state index in [-0.39, 0.29) is 5.91 Å². The number of halogens is 4. The minimum atomic E-state index is -4.47. The molecule has 0 unspecified atom stereocenters. The quantitative estimate of drug-likeness (QED) is 0.117. The van der Waals surface area contributed by atoms with Crippen molar-refractivity contribution in [2.75, 3.05) is 50.2 Å². The van der Waals surface area contributed by atoms with Gasteiger partial charge in [0.15, 0.2) is 0 Å². The molecule has 2 fully saturated rings. The fraction of sp³-hybridized carbons (Fsp3) is 0.387. The van der Waals surface area contributed by atoms with Crippen LogP contribution in [0, 0.1) is 0 Å². The van der Waals surface area contributed by atoms with Gasteiger partial charge in [-0.05, 0) is 18.2 Å². The molecule has 2 aliphatic rings. The third-order valence-electron chi connectivity index (χ3n) is 7.71. The number of rotatable bonds is 9. The molecule has 13 heteroatoms. The number of carbonyl (C=O) groups is 1. The molecule has 2 aliphatic heterocycles. The van der Waals surface area contributed by atoms with Gasteiger partial charge in [0.05, 0.1) is 11.0 Å². The molecule has 2 aromatic heterocycles. The van der Waals surface area contributed by atoms with Crippen LogP contribution in [0.15, 0.2) is 54.7 Å². The van der Waals surface area contributed by atoms with Crippen LogP contribution >= 0.6 is 19.8 Å². The first-order chi connectivity index (χ1) is 21.1. The number of benzene rings is 2. The molecule has 4 aromatic rings. The Balaban J connectivity index is 1.18. The number of nitrogens with zero attached hydrogens (tertiary/aromatic N) is 5. The summed E-state index contributed by atoms with van der Waals surface area (Å²) in [6.45, 7) is 5.58. The fourth-order valence-corrected chi connectivity index (χ4v) is 9.93. The second-order valence-corrected chi connectivity index (χ2v) is 17.2. The Kier molecular flexibility index (Phi) is 8.96. The van der Waals surface area contributed by atoms with Crippen LogP contribution in [0.3, 0.4) is 0 Å². The van der Waals surface area contributed by atoms with Crippen molar-refractivity contribution in [3.8, 4) is 11.5 Å². The second kappa shape index (κ2) is 12.9. The Labute approximate surface area is 261 Å². The van der Waals surface area contributed by atoms with Gasteiger partial charge in [-0.2, -0.15) is 0 Å². The first-order valence-corrected chi connectivity index (χ1v) is 19.1. The molecule has 1 amide bonds. The number of ether oxygens (including phenoxy) is 1. The summed E-state index contributed by atoms with van der Waals surface area (Å²) in [6.07, 6.45) is -1.54. The number of anilines is 3. The van der Waals surface area contributed by atoms with E-state index < -0.39 is 31.6 Å². The van der Waals surface area contributed by atoms with E-state index in [2.05, 4.69) is 30.4 Å². The van der Waals surface area contributed by atoms with E-state index in [1.54, 1.807) is 48.0 Å². The van der Waals surface area contributed by atoms with Crippen LogP contribution in [0.2, 0.25) is 0 Å². The number of imidazole rings is 1. The summed E-state index contributed by atoms with van der Waals surface area (Å²) in [5.74, 6) is 1.56. The Bertz CT molecular complexity index is 1650. The summed E-state index contributed by atoms with van der Waals surface area (Å²) in [6, 6.07) is 12.8. The van der Waals surface area contributed by atoms with Crippen LogP contribution < -0.4 is 15.4 Å². The number of hydrogen-bond acceptors (Lipinski definition) is 7. The van der Waals surface area contributed by atoms with Crippen LogP contribution in [0.5, 0.6) is 11.5 Å². The van der Waals surface area contributed by atoms with Crippen LogP contribution in [0.4, 0.5) is 30.6 Å². The maximum atomic E-state index is 13.9. The second-order valence-electron chi connectivity index (χ2n) is 11.2. The molecule has 6 rings (SSSR count). The van der Waals surface area contributed by atoms with Gasteiger partial charge in [-0.3, -0.25) is 4.79 Å². The molecule has 234 valence electrons. The Morgan fingerprint density at radius 1 is 1.00 bits per heavy atom. The fourth-order valence-electron chi connectivity index (χ4n) is 5.36. The number of piperazine rings is 1. The molecule has 0 radical (unpaired) electrons. The molecule has 0 saturated carbocycles. The summed E-state index contributed by atoms with van der Waals surface area (Å²) in [5.41, 5.74) is 1.67. The predicted octanol–water partition coefficient (Wildman–Crippen LogP) is 6.47. The van der Waals surface area contributed by atoms with E-state index in [0.717, 1.165) is 37.8 Å². The van der Waals surface area contributed by atoms with E-state index >= 15 is 0 Å². The van der Waals surface area contributed by atoms with Crippen LogP contribution in [-0.2, 0) is 24.6 Å². The molecule has 44 heavy (non-hydrogen) atoms. The smallest absolute Gasteiger partial charge is 0.239 e. The van der Waals surface area contributed by atoms with E-state index in [9.17, 15) is 18.0 Å². The first-order valence-electron chi connectivity index (χ1n) is 14.5. The number of nitrogens with one attached hydrogen (secondary N) is 2. The van der Waals surface area contributed by atoms with Gasteiger partial charge in [0.25, 0.3) is 0 Å². The molecular formula is C31H35F3IN7O2. The van der Waals surface area contributed by atoms with Crippen molar-refractivity contribution in [3.05, 3.63) is 65.9 Å². The number of alkyl halides is 6. The van der Waals surface area contributed by atoms with Gasteiger partial charge >= 0.3 is 157 Å². The first kappa shape index (κ1) is 30.6. The number of amides is 1. The molecule has 2 aromatic carbocycles. The number of aryl methyl sites for hydroxylation is 1. The van der Waals surface area contributed by atoms with Gasteiger partial charge in [0.2, 0.25) is 5.91 Å². The third kappa shape index (κ3) is 7.44. The van der Waals surface area contributed by atoms with Gasteiger partial charge < -0.3 is 10.1 Å². The van der Waals surface area contributed by atoms with Crippen molar-refractivity contribution in [1.82, 2.24) is 24.3 Å². The van der Waals surface area contributed by atoms with Crippen molar-refractivity contribution in [2.45, 2.75) is 26.1 Å². The molecular weight excluding hydrogens is 686 g/mol. The normalized spacial score (nSPS) is 17.0. The average Bonchev–Trinajstić information content (AvgIpc) is 3.25. The summed E-state index contributed by atoms with van der Waals surface area (Å²) >= 11 is -0.699. The number of pyridine rings is 1. The Morgan fingerprint density at radius 3 is 2.45 bits per heavy atom. The molecule has 4 heterocycles. The van der Waals surface area contributed by atoms with Gasteiger partial charge in [-0.25, -0.2) is 4.98 Å². The zero-order valence-electron chi connectivity index (χ0n) is 24.6. The molecule has 9 nitrogen and oxygen atoms in total. The van der Waals surface area contributed by atoms with E-state index in [1.165, 1.54) is 39.0 Å². The summed E-state index contributed by atoms with van der Waals surface area (Å²) in [4.78, 5) is 24.9. The zero-order chi connectivity index (χ0) is 30.8. The van der Waals surface area contributed by atoms with Crippen LogP contribution in [0.1, 0.15) is 24.5 Å². The van der Waals surface area contributed by atoms with Gasteiger partial charge in [-0.1, -0.05) is 0 Å². The molecule has 2 saturated heterocycles. The zero-order valence-corrected chi connectivity index (χ0v) is 26.8. The molecule has 0 bridgehead atoms. The van der Waals surface area contributed by atoms with E-state index in [4.69, 9.17) is 4.74 Å². The number of hydrogen-bond donors (Lipinski definition) is 2. The minimum absolute atomic E-state index is 0.238. The van der Waals surface area contributed by atoms with E-state index in [0.29, 0.717) is 46.6 Å². The van der Waals surface area contributed by atoms with Crippen LogP contribution in [-0.4, -0.2) is 69.8 Å². The van der Waals surface area contributed by atoms with Crippen LogP contribution in [0.25, 0.3) is 11.0 Å². The van der Waals surface area contributed by atoms with Crippen molar-refractivity contribution in [3.63, 3.8) is 0 Å². The SMILES string of the molecule is CC(=O)Nc1cc(Oc2ccc3nc(Nc4cc(CN5CCN(CI6CCC6)CC5)cc(C(F)(F)F)c4)n(C)c3c2)ccn1.